The summed E-state index contributed by atoms with van der Waals surface area (Å²) in [6.45, 7) is 2.38. The number of carbonyl (C=O) groups is 1. The van der Waals surface area contributed by atoms with E-state index < -0.39 is 5.91 Å². The fraction of sp³-hybridized carbons (Fsp3) is 0.158. The molecule has 7 heteroatoms. The van der Waals surface area contributed by atoms with E-state index >= 15 is 0 Å². The third-order valence-corrected chi connectivity index (χ3v) is 3.92. The zero-order chi connectivity index (χ0) is 18.5. The normalized spacial score (nSPS) is 12.4. The van der Waals surface area contributed by atoms with E-state index in [1.54, 1.807) is 36.4 Å². The van der Waals surface area contributed by atoms with Crippen LogP contribution in [0.3, 0.4) is 0 Å². The van der Waals surface area contributed by atoms with E-state index in [1.807, 2.05) is 13.0 Å². The average Bonchev–Trinajstić information content (AvgIpc) is 3.09. The Balaban J connectivity index is 1.92. The zero-order valence-corrected chi connectivity index (χ0v) is 14.7. The van der Waals surface area contributed by atoms with Crippen molar-refractivity contribution in [3.8, 4) is 23.3 Å². The maximum Gasteiger partial charge on any atom is 0.266 e. The molecule has 1 heterocycles. The maximum atomic E-state index is 12.4. The van der Waals surface area contributed by atoms with Crippen molar-refractivity contribution in [1.82, 2.24) is 0 Å². The summed E-state index contributed by atoms with van der Waals surface area (Å²) in [5.74, 6) is 1.02. The van der Waals surface area contributed by atoms with E-state index in [1.165, 1.54) is 6.08 Å². The molecule has 0 atom stereocenters. The molecule has 1 aliphatic rings. The van der Waals surface area contributed by atoms with Crippen molar-refractivity contribution in [3.05, 3.63) is 52.6 Å². The van der Waals surface area contributed by atoms with E-state index in [0.29, 0.717) is 40.1 Å². The number of nitriles is 1. The van der Waals surface area contributed by atoms with Gasteiger partial charge in [0.05, 0.1) is 17.3 Å². The van der Waals surface area contributed by atoms with Crippen molar-refractivity contribution < 1.29 is 19.0 Å². The molecule has 1 aliphatic heterocycles. The fourth-order valence-electron chi connectivity index (χ4n) is 2.39. The zero-order valence-electron chi connectivity index (χ0n) is 13.9. The van der Waals surface area contributed by atoms with E-state index in [0.717, 1.165) is 0 Å². The summed E-state index contributed by atoms with van der Waals surface area (Å²) in [5.41, 5.74) is 0.878. The minimum Gasteiger partial charge on any atom is -0.493 e. The lowest BCUT2D eigenvalue weighted by molar-refractivity contribution is -0.112. The number of rotatable bonds is 5. The lowest BCUT2D eigenvalue weighted by Crippen LogP contribution is -2.13. The third-order valence-electron chi connectivity index (χ3n) is 3.59. The van der Waals surface area contributed by atoms with Gasteiger partial charge in [-0.2, -0.15) is 5.26 Å². The van der Waals surface area contributed by atoms with E-state index in [2.05, 4.69) is 5.32 Å². The quantitative estimate of drug-likeness (QED) is 0.635. The maximum absolute atomic E-state index is 12.4. The van der Waals surface area contributed by atoms with Gasteiger partial charge in [0.1, 0.15) is 17.4 Å². The molecule has 1 amide bonds. The van der Waals surface area contributed by atoms with Crippen molar-refractivity contribution in [2.45, 2.75) is 6.92 Å². The van der Waals surface area contributed by atoms with Gasteiger partial charge >= 0.3 is 0 Å². The highest BCUT2D eigenvalue weighted by atomic mass is 35.5. The van der Waals surface area contributed by atoms with Crippen LogP contribution in [0.15, 0.2) is 42.0 Å². The number of anilines is 1. The second kappa shape index (κ2) is 7.81. The van der Waals surface area contributed by atoms with Gasteiger partial charge in [0, 0.05) is 11.6 Å². The van der Waals surface area contributed by atoms with E-state index in [9.17, 15) is 10.1 Å². The first-order valence-corrected chi connectivity index (χ1v) is 8.24. The number of nitrogens with zero attached hydrogens (tertiary/aromatic N) is 1. The molecule has 0 aliphatic carbocycles. The summed E-state index contributed by atoms with van der Waals surface area (Å²) in [7, 11) is 0. The van der Waals surface area contributed by atoms with Gasteiger partial charge in [-0.15, -0.1) is 0 Å². The molecule has 0 saturated carbocycles. The molecule has 0 bridgehead atoms. The Bertz CT molecular complexity index is 918. The predicted molar refractivity (Wildman–Crippen MR) is 97.4 cm³/mol. The van der Waals surface area contributed by atoms with Gasteiger partial charge in [0.15, 0.2) is 11.5 Å². The molecule has 2 aromatic carbocycles. The van der Waals surface area contributed by atoms with E-state index in [4.69, 9.17) is 25.8 Å². The highest BCUT2D eigenvalue weighted by molar-refractivity contribution is 6.34. The number of nitrogens with one attached hydrogen (secondary N) is 1. The Kier molecular flexibility index (Phi) is 5.30. The number of fused-ring (bicyclic) bond motifs is 1. The topological polar surface area (TPSA) is 80.6 Å². The van der Waals surface area contributed by atoms with E-state index in [-0.39, 0.29) is 12.4 Å². The molecule has 1 N–H and O–H groups in total. The first-order valence-electron chi connectivity index (χ1n) is 7.86. The lowest BCUT2D eigenvalue weighted by atomic mass is 10.1. The lowest BCUT2D eigenvalue weighted by Gasteiger charge is -2.10. The number of hydrogen-bond donors (Lipinski definition) is 1. The number of carbonyl (C=O) groups excluding carboxylic acids is 1. The van der Waals surface area contributed by atoms with Crippen LogP contribution in [0.2, 0.25) is 5.02 Å². The van der Waals surface area contributed by atoms with Gasteiger partial charge in [-0.05, 0) is 31.2 Å². The molecule has 0 unspecified atom stereocenters. The van der Waals surface area contributed by atoms with Crippen molar-refractivity contribution in [2.75, 3.05) is 18.7 Å². The molecule has 26 heavy (non-hydrogen) atoms. The first-order chi connectivity index (χ1) is 12.6. The number of benzene rings is 2. The van der Waals surface area contributed by atoms with Crippen molar-refractivity contribution in [2.24, 2.45) is 0 Å². The Morgan fingerprint density at radius 3 is 2.77 bits per heavy atom. The number of ether oxygens (including phenoxy) is 3. The number of hydrogen-bond acceptors (Lipinski definition) is 5. The fourth-order valence-corrected chi connectivity index (χ4v) is 2.57. The second-order valence-corrected chi connectivity index (χ2v) is 5.69. The van der Waals surface area contributed by atoms with Crippen LogP contribution in [-0.2, 0) is 4.79 Å². The van der Waals surface area contributed by atoms with Gasteiger partial charge < -0.3 is 19.5 Å². The van der Waals surface area contributed by atoms with Gasteiger partial charge in [-0.25, -0.2) is 0 Å². The van der Waals surface area contributed by atoms with Crippen LogP contribution in [0.1, 0.15) is 12.5 Å². The minimum absolute atomic E-state index is 0.0928. The summed E-state index contributed by atoms with van der Waals surface area (Å²) in [4.78, 5) is 12.4. The molecule has 0 radical (unpaired) electrons. The van der Waals surface area contributed by atoms with Gasteiger partial charge in [0.2, 0.25) is 6.79 Å². The largest absolute Gasteiger partial charge is 0.493 e. The van der Waals surface area contributed by atoms with Crippen LogP contribution in [0.4, 0.5) is 5.69 Å². The molecule has 2 aromatic rings. The molecular formula is C19H15ClN2O4. The predicted octanol–water partition coefficient (Wildman–Crippen LogP) is 4.01. The van der Waals surface area contributed by atoms with Crippen LogP contribution < -0.4 is 19.5 Å². The molecule has 0 spiro atoms. The van der Waals surface area contributed by atoms with Crippen molar-refractivity contribution in [1.29, 1.82) is 5.26 Å². The van der Waals surface area contributed by atoms with Crippen LogP contribution >= 0.6 is 11.6 Å². The summed E-state index contributed by atoms with van der Waals surface area (Å²) in [6.07, 6.45) is 1.44. The summed E-state index contributed by atoms with van der Waals surface area (Å²) >= 11 is 6.04. The number of amides is 1. The standard InChI is InChI=1S/C19H15ClN2O4/c1-2-24-16-9-18-17(25-11-26-18)8-12(16)7-13(10-21)19(23)22-15-6-4-3-5-14(15)20/h3-9H,2,11H2,1H3,(H,22,23)/b13-7+. The molecule has 6 nitrogen and oxygen atoms in total. The van der Waals surface area contributed by atoms with Crippen LogP contribution in [0, 0.1) is 11.3 Å². The molecule has 3 rings (SSSR count). The molecular weight excluding hydrogens is 356 g/mol. The Hall–Kier alpha value is -3.17. The summed E-state index contributed by atoms with van der Waals surface area (Å²) in [5, 5.41) is 12.4. The Morgan fingerprint density at radius 1 is 1.35 bits per heavy atom. The minimum atomic E-state index is -0.569. The smallest absolute Gasteiger partial charge is 0.266 e. The summed E-state index contributed by atoms with van der Waals surface area (Å²) in [6, 6.07) is 12.1. The van der Waals surface area contributed by atoms with Crippen LogP contribution in [0.5, 0.6) is 17.2 Å². The van der Waals surface area contributed by atoms with Crippen molar-refractivity contribution >= 4 is 29.3 Å². The third kappa shape index (κ3) is 3.73. The van der Waals surface area contributed by atoms with Crippen LogP contribution in [0.25, 0.3) is 6.08 Å². The average molecular weight is 371 g/mol. The highest BCUT2D eigenvalue weighted by Gasteiger charge is 2.19. The molecule has 0 saturated heterocycles. The molecule has 0 fully saturated rings. The van der Waals surface area contributed by atoms with Gasteiger partial charge in [-0.3, -0.25) is 4.79 Å². The monoisotopic (exact) mass is 370 g/mol. The SMILES string of the molecule is CCOc1cc2c(cc1/C=C(\C#N)C(=O)Nc1ccccc1Cl)OCO2. The Labute approximate surface area is 155 Å². The van der Waals surface area contributed by atoms with Crippen molar-refractivity contribution in [3.63, 3.8) is 0 Å². The second-order valence-electron chi connectivity index (χ2n) is 5.28. The number of para-hydroxylation sites is 1. The molecule has 132 valence electrons. The van der Waals surface area contributed by atoms with Gasteiger partial charge in [0.25, 0.3) is 5.91 Å². The first kappa shape index (κ1) is 17.6. The van der Waals surface area contributed by atoms with Crippen LogP contribution in [-0.4, -0.2) is 19.3 Å². The number of halogens is 1. The highest BCUT2D eigenvalue weighted by Crippen LogP contribution is 2.39. The Morgan fingerprint density at radius 2 is 2.08 bits per heavy atom. The summed E-state index contributed by atoms with van der Waals surface area (Å²) < 4.78 is 16.3. The molecule has 0 aromatic heterocycles. The van der Waals surface area contributed by atoms with Gasteiger partial charge in [-0.1, -0.05) is 23.7 Å².